The summed E-state index contributed by atoms with van der Waals surface area (Å²) in [7, 11) is 0. The molecule has 1 amide bonds. The molecule has 21 heavy (non-hydrogen) atoms. The van der Waals surface area contributed by atoms with Gasteiger partial charge >= 0.3 is 0 Å². The number of aryl methyl sites for hydroxylation is 1. The molecule has 0 atom stereocenters. The summed E-state index contributed by atoms with van der Waals surface area (Å²) in [6.45, 7) is 1.08. The first-order valence-corrected chi connectivity index (χ1v) is 7.37. The maximum absolute atomic E-state index is 12.0. The number of carbonyl (C=O) groups excluding carboxylic acids is 1. The van der Waals surface area contributed by atoms with Crippen LogP contribution in [-0.4, -0.2) is 15.7 Å². The van der Waals surface area contributed by atoms with Crippen LogP contribution >= 0.6 is 0 Å². The highest BCUT2D eigenvalue weighted by atomic mass is 16.1. The molecule has 0 bridgehead atoms. The van der Waals surface area contributed by atoms with Crippen LogP contribution in [0.2, 0.25) is 0 Å². The van der Waals surface area contributed by atoms with Gasteiger partial charge in [0.05, 0.1) is 5.69 Å². The molecule has 1 heterocycles. The van der Waals surface area contributed by atoms with Gasteiger partial charge in [0.25, 0.3) is 0 Å². The number of hydrogen-bond acceptors (Lipinski definition) is 3. The molecule has 1 aromatic carbocycles. The number of nitrogens with zero attached hydrogens (tertiary/aromatic N) is 2. The smallest absolute Gasteiger partial charge is 0.226 e. The van der Waals surface area contributed by atoms with Gasteiger partial charge in [0.1, 0.15) is 0 Å². The summed E-state index contributed by atoms with van der Waals surface area (Å²) in [5.74, 6) is 0.645. The molecule has 0 aliphatic heterocycles. The molecule has 2 aromatic rings. The van der Waals surface area contributed by atoms with Crippen molar-refractivity contribution < 1.29 is 4.79 Å². The fraction of sp³-hybridized carbons (Fsp3) is 0.375. The van der Waals surface area contributed by atoms with Gasteiger partial charge in [-0.2, -0.15) is 5.10 Å². The Bertz CT molecular complexity index is 631. The number of hydrogen-bond donors (Lipinski definition) is 2. The van der Waals surface area contributed by atoms with Gasteiger partial charge in [0.15, 0.2) is 0 Å². The SMILES string of the molecule is NCc1cccc(NC(=O)CCn2ccc(C3CC3)n2)c1. The van der Waals surface area contributed by atoms with Crippen molar-refractivity contribution in [2.45, 2.75) is 38.3 Å². The van der Waals surface area contributed by atoms with Crippen molar-refractivity contribution in [3.63, 3.8) is 0 Å². The van der Waals surface area contributed by atoms with Crippen LogP contribution in [0.4, 0.5) is 5.69 Å². The van der Waals surface area contributed by atoms with Crippen molar-refractivity contribution in [1.82, 2.24) is 9.78 Å². The molecule has 0 radical (unpaired) electrons. The maximum Gasteiger partial charge on any atom is 0.226 e. The third-order valence-electron chi connectivity index (χ3n) is 3.67. The molecular weight excluding hydrogens is 264 g/mol. The molecule has 1 aliphatic rings. The highest BCUT2D eigenvalue weighted by molar-refractivity contribution is 5.90. The zero-order valence-corrected chi connectivity index (χ0v) is 12.0. The molecule has 0 unspecified atom stereocenters. The predicted octanol–water partition coefficient (Wildman–Crippen LogP) is 2.25. The van der Waals surface area contributed by atoms with E-state index >= 15 is 0 Å². The quantitative estimate of drug-likeness (QED) is 0.854. The lowest BCUT2D eigenvalue weighted by Crippen LogP contribution is -2.15. The van der Waals surface area contributed by atoms with Gasteiger partial charge in [-0.1, -0.05) is 12.1 Å². The summed E-state index contributed by atoms with van der Waals surface area (Å²) >= 11 is 0. The Morgan fingerprint density at radius 3 is 3.00 bits per heavy atom. The third kappa shape index (κ3) is 3.70. The number of carbonyl (C=O) groups is 1. The van der Waals surface area contributed by atoms with Gasteiger partial charge in [-0.05, 0) is 36.6 Å². The van der Waals surface area contributed by atoms with Crippen molar-refractivity contribution >= 4 is 11.6 Å². The Kier molecular flexibility index (Phi) is 4.01. The number of rotatable bonds is 6. The molecule has 110 valence electrons. The first-order chi connectivity index (χ1) is 10.2. The number of aromatic nitrogens is 2. The van der Waals surface area contributed by atoms with Crippen molar-refractivity contribution in [1.29, 1.82) is 0 Å². The van der Waals surface area contributed by atoms with Crippen molar-refractivity contribution in [3.8, 4) is 0 Å². The average molecular weight is 284 g/mol. The van der Waals surface area contributed by atoms with Gasteiger partial charge in [-0.3, -0.25) is 9.48 Å². The molecule has 1 aliphatic carbocycles. The second-order valence-corrected chi connectivity index (χ2v) is 5.48. The lowest BCUT2D eigenvalue weighted by atomic mass is 10.2. The first kappa shape index (κ1) is 13.8. The van der Waals surface area contributed by atoms with Crippen LogP contribution in [0.15, 0.2) is 36.5 Å². The summed E-state index contributed by atoms with van der Waals surface area (Å²) < 4.78 is 1.85. The number of amides is 1. The molecule has 5 heteroatoms. The number of benzene rings is 1. The molecule has 3 N–H and O–H groups in total. The second-order valence-electron chi connectivity index (χ2n) is 5.48. The van der Waals surface area contributed by atoms with Crippen molar-refractivity contribution in [2.75, 3.05) is 5.32 Å². The van der Waals surface area contributed by atoms with Crippen LogP contribution in [0.25, 0.3) is 0 Å². The van der Waals surface area contributed by atoms with Crippen molar-refractivity contribution in [2.24, 2.45) is 5.73 Å². The summed E-state index contributed by atoms with van der Waals surface area (Å²) in [5.41, 5.74) is 8.55. The monoisotopic (exact) mass is 284 g/mol. The van der Waals surface area contributed by atoms with E-state index in [1.165, 1.54) is 12.8 Å². The summed E-state index contributed by atoms with van der Waals surface area (Å²) in [6.07, 6.45) is 4.86. The highest BCUT2D eigenvalue weighted by Crippen LogP contribution is 2.38. The van der Waals surface area contributed by atoms with Crippen LogP contribution in [0.5, 0.6) is 0 Å². The molecule has 0 saturated heterocycles. The molecule has 3 rings (SSSR count). The van der Waals surface area contributed by atoms with Crippen LogP contribution in [0.3, 0.4) is 0 Å². The van der Waals surface area contributed by atoms with E-state index in [2.05, 4.69) is 16.5 Å². The molecule has 1 saturated carbocycles. The second kappa shape index (κ2) is 6.10. The third-order valence-corrected chi connectivity index (χ3v) is 3.67. The van der Waals surface area contributed by atoms with Crippen LogP contribution in [0.1, 0.15) is 36.4 Å². The normalized spacial score (nSPS) is 14.1. The van der Waals surface area contributed by atoms with Gasteiger partial charge < -0.3 is 11.1 Å². The van der Waals surface area contributed by atoms with Crippen LogP contribution in [-0.2, 0) is 17.9 Å². The maximum atomic E-state index is 12.0. The molecule has 5 nitrogen and oxygen atoms in total. The van der Waals surface area contributed by atoms with Crippen molar-refractivity contribution in [3.05, 3.63) is 47.8 Å². The van der Waals surface area contributed by atoms with E-state index in [0.29, 0.717) is 25.4 Å². The minimum atomic E-state index is -0.00681. The molecule has 0 spiro atoms. The standard InChI is InChI=1S/C16H20N4O/c17-11-12-2-1-3-14(10-12)18-16(21)7-9-20-8-6-15(19-20)13-4-5-13/h1-3,6,8,10,13H,4-5,7,9,11,17H2,(H,18,21). The van der Waals surface area contributed by atoms with Gasteiger partial charge in [-0.25, -0.2) is 0 Å². The average Bonchev–Trinajstić information content (AvgIpc) is 3.24. The topological polar surface area (TPSA) is 72.9 Å². The fourth-order valence-corrected chi connectivity index (χ4v) is 2.31. The lowest BCUT2D eigenvalue weighted by Gasteiger charge is -2.07. The van der Waals surface area contributed by atoms with E-state index in [9.17, 15) is 4.79 Å². The fourth-order valence-electron chi connectivity index (χ4n) is 2.31. The van der Waals surface area contributed by atoms with Crippen LogP contribution < -0.4 is 11.1 Å². The summed E-state index contributed by atoms with van der Waals surface area (Å²) in [5, 5.41) is 7.39. The predicted molar refractivity (Wildman–Crippen MR) is 81.8 cm³/mol. The summed E-state index contributed by atoms with van der Waals surface area (Å²) in [4.78, 5) is 12.0. The Morgan fingerprint density at radius 2 is 2.24 bits per heavy atom. The van der Waals surface area contributed by atoms with E-state index in [0.717, 1.165) is 16.9 Å². The van der Waals surface area contributed by atoms with E-state index in [1.54, 1.807) is 0 Å². The largest absolute Gasteiger partial charge is 0.326 e. The van der Waals surface area contributed by atoms with Gasteiger partial charge in [-0.15, -0.1) is 0 Å². The minimum Gasteiger partial charge on any atom is -0.326 e. The lowest BCUT2D eigenvalue weighted by molar-refractivity contribution is -0.116. The van der Waals surface area contributed by atoms with Gasteiger partial charge in [0.2, 0.25) is 5.91 Å². The van der Waals surface area contributed by atoms with E-state index in [4.69, 9.17) is 5.73 Å². The van der Waals surface area contributed by atoms with Crippen LogP contribution in [0, 0.1) is 0 Å². The van der Waals surface area contributed by atoms with E-state index < -0.39 is 0 Å². The Hall–Kier alpha value is -2.14. The first-order valence-electron chi connectivity index (χ1n) is 7.37. The zero-order chi connectivity index (χ0) is 14.7. The summed E-state index contributed by atoms with van der Waals surface area (Å²) in [6, 6.07) is 9.67. The van der Waals surface area contributed by atoms with Gasteiger partial charge in [0, 0.05) is 37.3 Å². The number of nitrogens with two attached hydrogens (primary N) is 1. The minimum absolute atomic E-state index is 0.00681. The van der Waals surface area contributed by atoms with E-state index in [1.807, 2.05) is 35.1 Å². The number of anilines is 1. The molecule has 1 aromatic heterocycles. The molecule has 1 fully saturated rings. The zero-order valence-electron chi connectivity index (χ0n) is 12.0. The Labute approximate surface area is 124 Å². The molecular formula is C16H20N4O. The number of nitrogens with one attached hydrogen (secondary N) is 1. The Morgan fingerprint density at radius 1 is 1.38 bits per heavy atom. The Balaban J connectivity index is 1.51. The van der Waals surface area contributed by atoms with E-state index in [-0.39, 0.29) is 5.91 Å². The highest BCUT2D eigenvalue weighted by Gasteiger charge is 2.25.